The van der Waals surface area contributed by atoms with Crippen LogP contribution in [0.5, 0.6) is 0 Å². The number of nitrogens with one attached hydrogen (secondary N) is 1. The van der Waals surface area contributed by atoms with Crippen molar-refractivity contribution in [1.82, 2.24) is 25.2 Å². The van der Waals surface area contributed by atoms with Gasteiger partial charge in [-0.25, -0.2) is 14.5 Å². The lowest BCUT2D eigenvalue weighted by atomic mass is 10.1. The summed E-state index contributed by atoms with van der Waals surface area (Å²) >= 11 is 0. The van der Waals surface area contributed by atoms with E-state index >= 15 is 0 Å². The molecular formula is C23H27N7O5. The van der Waals surface area contributed by atoms with E-state index in [9.17, 15) is 4.79 Å². The molecule has 4 rings (SSSR count). The van der Waals surface area contributed by atoms with Crippen molar-refractivity contribution in [2.45, 2.75) is 38.8 Å². The van der Waals surface area contributed by atoms with Crippen molar-refractivity contribution in [3.63, 3.8) is 0 Å². The highest BCUT2D eigenvalue weighted by molar-refractivity contribution is 6.10. The Hall–Kier alpha value is -3.90. The summed E-state index contributed by atoms with van der Waals surface area (Å²) in [5.74, 6) is 0.762. The summed E-state index contributed by atoms with van der Waals surface area (Å²) in [6.07, 6.45) is -0.489. The molecule has 184 valence electrons. The quantitative estimate of drug-likeness (QED) is 0.380. The molecule has 2 aromatic heterocycles. The number of aryl methyl sites for hydroxylation is 1. The first-order chi connectivity index (χ1) is 16.9. The van der Waals surface area contributed by atoms with Crippen LogP contribution in [0.4, 0.5) is 10.6 Å². The topological polar surface area (TPSA) is 135 Å². The number of carbonyl (C=O) groups excluding carboxylic acids is 1. The predicted molar refractivity (Wildman–Crippen MR) is 124 cm³/mol. The van der Waals surface area contributed by atoms with Crippen molar-refractivity contribution in [3.05, 3.63) is 65.6 Å². The van der Waals surface area contributed by atoms with E-state index in [2.05, 4.69) is 31.0 Å². The third-order valence-electron chi connectivity index (χ3n) is 5.03. The number of ether oxygens (including phenoxy) is 3. The minimum Gasteiger partial charge on any atom is -0.438 e. The highest BCUT2D eigenvalue weighted by atomic mass is 16.7. The van der Waals surface area contributed by atoms with Crippen molar-refractivity contribution in [2.24, 2.45) is 12.2 Å². The van der Waals surface area contributed by atoms with Crippen molar-refractivity contribution in [2.75, 3.05) is 18.5 Å². The summed E-state index contributed by atoms with van der Waals surface area (Å²) in [5, 5.41) is 18.4. The second-order valence-electron chi connectivity index (χ2n) is 8.26. The van der Waals surface area contributed by atoms with E-state index in [1.807, 2.05) is 30.3 Å². The predicted octanol–water partition coefficient (Wildman–Crippen LogP) is 2.66. The van der Waals surface area contributed by atoms with Crippen LogP contribution >= 0.6 is 0 Å². The average Bonchev–Trinajstić information content (AvgIpc) is 3.28. The third kappa shape index (κ3) is 6.37. The minimum absolute atomic E-state index is 0.0570. The second kappa shape index (κ2) is 11.0. The molecule has 12 nitrogen and oxygen atoms in total. The van der Waals surface area contributed by atoms with E-state index < -0.39 is 18.0 Å². The molecule has 0 radical (unpaired) electrons. The molecule has 3 heterocycles. The largest absolute Gasteiger partial charge is 0.438 e. The first-order valence-corrected chi connectivity index (χ1v) is 11.1. The van der Waals surface area contributed by atoms with Crippen LogP contribution in [0.2, 0.25) is 0 Å². The van der Waals surface area contributed by atoms with Gasteiger partial charge in [-0.3, -0.25) is 5.32 Å². The van der Waals surface area contributed by atoms with Gasteiger partial charge in [-0.1, -0.05) is 41.6 Å². The zero-order chi connectivity index (χ0) is 24.7. The summed E-state index contributed by atoms with van der Waals surface area (Å²) in [7, 11) is 1.72. The molecule has 1 N–H and O–H groups in total. The van der Waals surface area contributed by atoms with Crippen LogP contribution in [0, 0.1) is 0 Å². The Morgan fingerprint density at radius 3 is 2.66 bits per heavy atom. The summed E-state index contributed by atoms with van der Waals surface area (Å²) in [6.45, 7) is 4.64. The Bertz CT molecular complexity index is 1160. The summed E-state index contributed by atoms with van der Waals surface area (Å²) in [5.41, 5.74) is 0.853. The van der Waals surface area contributed by atoms with E-state index in [1.54, 1.807) is 39.1 Å². The third-order valence-corrected chi connectivity index (χ3v) is 5.03. The normalized spacial score (nSPS) is 15.0. The van der Waals surface area contributed by atoms with Crippen molar-refractivity contribution in [3.8, 4) is 0 Å². The van der Waals surface area contributed by atoms with Crippen molar-refractivity contribution in [1.29, 1.82) is 0 Å². The van der Waals surface area contributed by atoms with E-state index in [0.717, 1.165) is 12.0 Å². The molecule has 1 aliphatic rings. The molecule has 1 saturated heterocycles. The van der Waals surface area contributed by atoms with Crippen LogP contribution in [0.25, 0.3) is 0 Å². The maximum absolute atomic E-state index is 12.4. The number of amides is 1. The van der Waals surface area contributed by atoms with Gasteiger partial charge in [-0.05, 0) is 42.8 Å². The van der Waals surface area contributed by atoms with Gasteiger partial charge in [0.05, 0.1) is 18.9 Å². The number of tetrazole rings is 1. The van der Waals surface area contributed by atoms with Gasteiger partial charge in [-0.15, -0.1) is 5.10 Å². The van der Waals surface area contributed by atoms with Crippen LogP contribution in [-0.2, 0) is 32.7 Å². The number of anilines is 1. The smallest absolute Gasteiger partial charge is 0.413 e. The van der Waals surface area contributed by atoms with E-state index in [1.165, 1.54) is 4.68 Å². The van der Waals surface area contributed by atoms with Gasteiger partial charge in [0.25, 0.3) is 0 Å². The van der Waals surface area contributed by atoms with Gasteiger partial charge in [0.2, 0.25) is 5.82 Å². The average molecular weight is 482 g/mol. The summed E-state index contributed by atoms with van der Waals surface area (Å²) in [4.78, 5) is 22.4. The molecule has 1 aliphatic heterocycles. The molecule has 0 spiro atoms. The molecule has 3 aromatic rings. The maximum Gasteiger partial charge on any atom is 0.413 e. The number of oxime groups is 1. The van der Waals surface area contributed by atoms with Crippen LogP contribution < -0.4 is 5.32 Å². The van der Waals surface area contributed by atoms with Crippen LogP contribution in [0.15, 0.2) is 53.7 Å². The van der Waals surface area contributed by atoms with Gasteiger partial charge in [0.1, 0.15) is 5.82 Å². The molecule has 1 fully saturated rings. The molecule has 0 atom stereocenters. The molecule has 12 heteroatoms. The highest BCUT2D eigenvalue weighted by Crippen LogP contribution is 2.23. The molecule has 0 unspecified atom stereocenters. The van der Waals surface area contributed by atoms with E-state index in [-0.39, 0.29) is 6.61 Å². The van der Waals surface area contributed by atoms with Crippen LogP contribution in [0.1, 0.15) is 37.4 Å². The fourth-order valence-corrected chi connectivity index (χ4v) is 3.35. The fourth-order valence-electron chi connectivity index (χ4n) is 3.35. The maximum atomic E-state index is 12.4. The number of carbonyl (C=O) groups is 1. The Morgan fingerprint density at radius 1 is 1.17 bits per heavy atom. The Balaban J connectivity index is 1.39. The number of nitrogens with zero attached hydrogens (tertiary/aromatic N) is 6. The number of benzene rings is 1. The van der Waals surface area contributed by atoms with E-state index in [0.29, 0.717) is 36.3 Å². The standard InChI is InChI=1S/C23H27N7O5/c1-23(2,21-32-13-8-14-33-21)35-22(31)25-18-12-7-11-17(24-18)15-34-27-19(16-9-5-4-6-10-16)20-26-28-29-30(20)3/h4-7,9-12,21H,8,13-15H2,1-3H3,(H,24,25,31). The van der Waals surface area contributed by atoms with Crippen molar-refractivity contribution >= 4 is 17.6 Å². The first-order valence-electron chi connectivity index (χ1n) is 11.1. The second-order valence-corrected chi connectivity index (χ2v) is 8.26. The lowest BCUT2D eigenvalue weighted by Gasteiger charge is -2.35. The van der Waals surface area contributed by atoms with Gasteiger partial charge in [0, 0.05) is 12.6 Å². The summed E-state index contributed by atoms with van der Waals surface area (Å²) < 4.78 is 18.1. The van der Waals surface area contributed by atoms with Crippen LogP contribution in [-0.4, -0.2) is 62.1 Å². The molecule has 1 amide bonds. The zero-order valence-electron chi connectivity index (χ0n) is 19.7. The number of aromatic nitrogens is 5. The van der Waals surface area contributed by atoms with Crippen molar-refractivity contribution < 1.29 is 23.8 Å². The molecule has 0 aliphatic carbocycles. The Kier molecular flexibility index (Phi) is 7.63. The lowest BCUT2D eigenvalue weighted by molar-refractivity contribution is -0.249. The van der Waals surface area contributed by atoms with E-state index in [4.69, 9.17) is 19.0 Å². The lowest BCUT2D eigenvalue weighted by Crippen LogP contribution is -2.47. The molecule has 35 heavy (non-hydrogen) atoms. The minimum atomic E-state index is -0.970. The number of hydrogen-bond donors (Lipinski definition) is 1. The Morgan fingerprint density at radius 2 is 1.94 bits per heavy atom. The highest BCUT2D eigenvalue weighted by Gasteiger charge is 2.37. The zero-order valence-corrected chi connectivity index (χ0v) is 19.7. The molecule has 0 bridgehead atoms. The van der Waals surface area contributed by atoms with Gasteiger partial charge < -0.3 is 19.0 Å². The molecule has 1 aromatic carbocycles. The van der Waals surface area contributed by atoms with Gasteiger partial charge in [-0.2, -0.15) is 0 Å². The SMILES string of the molecule is Cn1nnnc1C(=NOCc1cccc(NC(=O)OC(C)(C)C2OCCCO2)n1)c1ccccc1. The number of rotatable bonds is 8. The van der Waals surface area contributed by atoms with Gasteiger partial charge in [0.15, 0.2) is 24.2 Å². The van der Waals surface area contributed by atoms with Crippen LogP contribution in [0.3, 0.4) is 0 Å². The number of pyridine rings is 1. The molecular weight excluding hydrogens is 454 g/mol. The number of hydrogen-bond acceptors (Lipinski definition) is 10. The Labute approximate surface area is 202 Å². The van der Waals surface area contributed by atoms with Gasteiger partial charge >= 0.3 is 6.09 Å². The first kappa shape index (κ1) is 24.2. The fraction of sp³-hybridized carbons (Fsp3) is 0.391. The summed E-state index contributed by atoms with van der Waals surface area (Å²) in [6, 6.07) is 14.6. The monoisotopic (exact) mass is 481 g/mol. The molecule has 0 saturated carbocycles.